The minimum atomic E-state index is -0.965. The van der Waals surface area contributed by atoms with Crippen molar-refractivity contribution in [2.24, 2.45) is 0 Å². The maximum absolute atomic E-state index is 14.7. The Morgan fingerprint density at radius 3 is 1.94 bits per heavy atom. The lowest BCUT2D eigenvalue weighted by atomic mass is 9.98. The fourth-order valence-electron chi connectivity index (χ4n) is 3.87. The van der Waals surface area contributed by atoms with Crippen molar-refractivity contribution in [3.05, 3.63) is 106 Å². The number of hydrogen-bond acceptors (Lipinski definition) is 2. The molecular formula is C28H24F4N2. The van der Waals surface area contributed by atoms with Crippen molar-refractivity contribution in [2.45, 2.75) is 39.5 Å². The highest BCUT2D eigenvalue weighted by Crippen LogP contribution is 2.28. The molecule has 0 saturated heterocycles. The number of hydrogen-bond donors (Lipinski definition) is 0. The summed E-state index contributed by atoms with van der Waals surface area (Å²) in [5.41, 5.74) is 3.08. The molecule has 4 rings (SSSR count). The summed E-state index contributed by atoms with van der Waals surface area (Å²) in [6.45, 7) is 3.55. The number of benzene rings is 3. The van der Waals surface area contributed by atoms with Gasteiger partial charge >= 0.3 is 0 Å². The minimum absolute atomic E-state index is 0.0287. The average Bonchev–Trinajstić information content (AvgIpc) is 2.85. The van der Waals surface area contributed by atoms with Crippen LogP contribution in [0.25, 0.3) is 22.5 Å². The van der Waals surface area contributed by atoms with E-state index in [1.54, 1.807) is 48.8 Å². The molecule has 0 aliphatic carbocycles. The summed E-state index contributed by atoms with van der Waals surface area (Å²) >= 11 is 0. The van der Waals surface area contributed by atoms with Gasteiger partial charge in [0, 0.05) is 18.0 Å². The van der Waals surface area contributed by atoms with Crippen molar-refractivity contribution in [3.8, 4) is 22.5 Å². The van der Waals surface area contributed by atoms with E-state index in [-0.39, 0.29) is 34.5 Å². The van der Waals surface area contributed by atoms with E-state index in [1.807, 2.05) is 6.92 Å². The molecule has 0 amide bonds. The summed E-state index contributed by atoms with van der Waals surface area (Å²) in [7, 11) is 0. The van der Waals surface area contributed by atoms with Gasteiger partial charge in [0.25, 0.3) is 0 Å². The van der Waals surface area contributed by atoms with Crippen molar-refractivity contribution >= 4 is 0 Å². The number of halogens is 4. The molecule has 0 aliphatic heterocycles. The highest BCUT2D eigenvalue weighted by Gasteiger charge is 2.17. The molecule has 0 saturated carbocycles. The molecule has 2 nitrogen and oxygen atoms in total. The first kappa shape index (κ1) is 23.6. The zero-order valence-electron chi connectivity index (χ0n) is 19.0. The van der Waals surface area contributed by atoms with Crippen LogP contribution in [0.4, 0.5) is 17.6 Å². The first-order chi connectivity index (χ1) is 16.4. The van der Waals surface area contributed by atoms with E-state index >= 15 is 0 Å². The lowest BCUT2D eigenvalue weighted by Gasteiger charge is -2.10. The second-order valence-electron chi connectivity index (χ2n) is 8.32. The van der Waals surface area contributed by atoms with E-state index in [1.165, 1.54) is 19.1 Å². The van der Waals surface area contributed by atoms with Gasteiger partial charge < -0.3 is 0 Å². The Bertz CT molecular complexity index is 1300. The number of aryl methyl sites for hydroxylation is 4. The van der Waals surface area contributed by atoms with Gasteiger partial charge in [-0.2, -0.15) is 0 Å². The first-order valence-corrected chi connectivity index (χ1v) is 11.2. The van der Waals surface area contributed by atoms with Crippen molar-refractivity contribution in [3.63, 3.8) is 0 Å². The van der Waals surface area contributed by atoms with Crippen molar-refractivity contribution in [1.82, 2.24) is 9.97 Å². The highest BCUT2D eigenvalue weighted by atomic mass is 19.2. The molecule has 0 fully saturated rings. The van der Waals surface area contributed by atoms with Crippen molar-refractivity contribution < 1.29 is 17.6 Å². The summed E-state index contributed by atoms with van der Waals surface area (Å²) < 4.78 is 57.6. The maximum atomic E-state index is 14.7. The summed E-state index contributed by atoms with van der Waals surface area (Å²) in [6, 6.07) is 13.1. The average molecular weight is 465 g/mol. The van der Waals surface area contributed by atoms with E-state index in [4.69, 9.17) is 0 Å². The topological polar surface area (TPSA) is 25.8 Å². The Labute approximate surface area is 196 Å². The molecule has 34 heavy (non-hydrogen) atoms. The van der Waals surface area contributed by atoms with Crippen LogP contribution >= 0.6 is 0 Å². The summed E-state index contributed by atoms with van der Waals surface area (Å²) in [6.07, 6.45) is 5.79. The third-order valence-corrected chi connectivity index (χ3v) is 5.87. The van der Waals surface area contributed by atoms with Crippen LogP contribution in [0.15, 0.2) is 60.9 Å². The zero-order valence-corrected chi connectivity index (χ0v) is 19.0. The third kappa shape index (κ3) is 4.86. The molecule has 174 valence electrons. The number of rotatable bonds is 7. The Balaban J connectivity index is 1.47. The van der Waals surface area contributed by atoms with Gasteiger partial charge in [-0.25, -0.2) is 27.5 Å². The quantitative estimate of drug-likeness (QED) is 0.266. The van der Waals surface area contributed by atoms with Crippen LogP contribution in [0, 0.1) is 30.2 Å². The van der Waals surface area contributed by atoms with Gasteiger partial charge in [0.1, 0.15) is 0 Å². The van der Waals surface area contributed by atoms with Gasteiger partial charge in [0.05, 0.1) is 5.56 Å². The van der Waals surface area contributed by atoms with Gasteiger partial charge in [-0.1, -0.05) is 55.8 Å². The molecule has 0 N–H and O–H groups in total. The van der Waals surface area contributed by atoms with E-state index in [2.05, 4.69) is 9.97 Å². The summed E-state index contributed by atoms with van der Waals surface area (Å²) in [4.78, 5) is 8.35. The van der Waals surface area contributed by atoms with Gasteiger partial charge in [-0.05, 0) is 60.1 Å². The van der Waals surface area contributed by atoms with Crippen LogP contribution in [0.1, 0.15) is 35.6 Å². The molecule has 0 spiro atoms. The van der Waals surface area contributed by atoms with Gasteiger partial charge in [0.15, 0.2) is 29.1 Å². The monoisotopic (exact) mass is 464 g/mol. The van der Waals surface area contributed by atoms with Crippen LogP contribution < -0.4 is 0 Å². The molecular weight excluding hydrogens is 440 g/mol. The molecule has 0 bridgehead atoms. The molecule has 1 heterocycles. The Morgan fingerprint density at radius 1 is 0.618 bits per heavy atom. The normalized spacial score (nSPS) is 11.1. The van der Waals surface area contributed by atoms with Crippen LogP contribution in [0.2, 0.25) is 0 Å². The largest absolute Gasteiger partial charge is 0.236 e. The first-order valence-electron chi connectivity index (χ1n) is 11.2. The standard InChI is InChI=1S/C28H24F4N2/c1-3-4-19-15-33-28(34-16-19)23-14-12-21(25(30)27(23)32)11-8-18-6-9-20(10-7-18)22-13-5-17(2)24(29)26(22)31/h5-7,9-10,12-16H,3-4,8,11H2,1-2H3. The van der Waals surface area contributed by atoms with E-state index in [0.717, 1.165) is 24.0 Å². The molecule has 0 aliphatic rings. The van der Waals surface area contributed by atoms with E-state index in [9.17, 15) is 17.6 Å². The van der Waals surface area contributed by atoms with Crippen LogP contribution in [0.5, 0.6) is 0 Å². The highest BCUT2D eigenvalue weighted by molar-refractivity contribution is 5.65. The lowest BCUT2D eigenvalue weighted by Crippen LogP contribution is -2.01. The second kappa shape index (κ2) is 10.2. The van der Waals surface area contributed by atoms with Gasteiger partial charge in [-0.15, -0.1) is 0 Å². The fraction of sp³-hybridized carbons (Fsp3) is 0.214. The summed E-state index contributed by atoms with van der Waals surface area (Å²) in [5, 5.41) is 0. The molecule has 0 atom stereocenters. The molecule has 0 radical (unpaired) electrons. The van der Waals surface area contributed by atoms with Gasteiger partial charge in [0.2, 0.25) is 0 Å². The van der Waals surface area contributed by atoms with E-state index in [0.29, 0.717) is 12.0 Å². The van der Waals surface area contributed by atoms with Crippen LogP contribution in [0.3, 0.4) is 0 Å². The summed E-state index contributed by atoms with van der Waals surface area (Å²) in [5.74, 6) is -3.46. The molecule has 3 aromatic carbocycles. The van der Waals surface area contributed by atoms with Crippen LogP contribution in [-0.2, 0) is 19.3 Å². The molecule has 0 unspecified atom stereocenters. The fourth-order valence-corrected chi connectivity index (χ4v) is 3.87. The van der Waals surface area contributed by atoms with Crippen molar-refractivity contribution in [1.29, 1.82) is 0 Å². The molecule has 6 heteroatoms. The predicted octanol–water partition coefficient (Wildman–Crippen LogP) is 7.41. The van der Waals surface area contributed by atoms with E-state index < -0.39 is 23.3 Å². The SMILES string of the molecule is CCCc1cnc(-c2ccc(CCc3ccc(-c4ccc(C)c(F)c4F)cc3)c(F)c2F)nc1. The van der Waals surface area contributed by atoms with Gasteiger partial charge in [-0.3, -0.25) is 0 Å². The number of nitrogens with zero attached hydrogens (tertiary/aromatic N) is 2. The third-order valence-electron chi connectivity index (χ3n) is 5.87. The maximum Gasteiger partial charge on any atom is 0.170 e. The number of aromatic nitrogens is 2. The van der Waals surface area contributed by atoms with Crippen LogP contribution in [-0.4, -0.2) is 9.97 Å². The lowest BCUT2D eigenvalue weighted by molar-refractivity contribution is 0.500. The Kier molecular flexibility index (Phi) is 7.06. The Morgan fingerprint density at radius 2 is 1.26 bits per heavy atom. The predicted molar refractivity (Wildman–Crippen MR) is 125 cm³/mol. The zero-order chi connectivity index (χ0) is 24.2. The molecule has 4 aromatic rings. The molecule has 1 aromatic heterocycles. The minimum Gasteiger partial charge on any atom is -0.236 e. The van der Waals surface area contributed by atoms with Crippen molar-refractivity contribution in [2.75, 3.05) is 0 Å². The smallest absolute Gasteiger partial charge is 0.170 e. The second-order valence-corrected chi connectivity index (χ2v) is 8.32. The Hall–Kier alpha value is -3.54.